The number of rotatable bonds is 2. The molecule has 5 nitrogen and oxygen atoms in total. The second-order valence-corrected chi connectivity index (χ2v) is 7.15. The van der Waals surface area contributed by atoms with Crippen LogP contribution in [-0.2, 0) is 4.79 Å². The normalized spacial score (nSPS) is 21.6. The van der Waals surface area contributed by atoms with Crippen LogP contribution in [0.25, 0.3) is 0 Å². The number of guanidine groups is 1. The lowest BCUT2D eigenvalue weighted by molar-refractivity contribution is -0.119. The number of thioether (sulfide) groups is 1. The maximum absolute atomic E-state index is 11.4. The summed E-state index contributed by atoms with van der Waals surface area (Å²) in [6.07, 6.45) is 6.73. The molecule has 1 spiro atoms. The molecule has 2 aliphatic rings. The zero-order chi connectivity index (χ0) is 14.4. The summed E-state index contributed by atoms with van der Waals surface area (Å²) in [5.41, 5.74) is 0. The fourth-order valence-electron chi connectivity index (χ4n) is 3.10. The molecule has 7 heteroatoms. The molecule has 0 aromatic rings. The van der Waals surface area contributed by atoms with Gasteiger partial charge in [-0.25, -0.2) is 0 Å². The highest BCUT2D eigenvalue weighted by atomic mass is 127. The topological polar surface area (TPSA) is 56.7 Å². The minimum Gasteiger partial charge on any atom is -0.358 e. The molecule has 2 N–H and O–H groups in total. The number of nitrogens with one attached hydrogen (secondary N) is 2. The van der Waals surface area contributed by atoms with Gasteiger partial charge < -0.3 is 15.5 Å². The molecule has 0 unspecified atom stereocenters. The van der Waals surface area contributed by atoms with Gasteiger partial charge in [0.1, 0.15) is 0 Å². The first-order valence-corrected chi connectivity index (χ1v) is 8.48. The van der Waals surface area contributed by atoms with E-state index in [2.05, 4.69) is 32.3 Å². The Bertz CT molecular complexity index is 366. The first kappa shape index (κ1) is 18.9. The molecule has 0 aromatic carbocycles. The SMILES string of the molecule is CN=C(NCC(=O)NC)N1CCSC2(CCCCC2)C1.I. The van der Waals surface area contributed by atoms with Crippen molar-refractivity contribution in [1.29, 1.82) is 0 Å². The van der Waals surface area contributed by atoms with Crippen LogP contribution in [0.4, 0.5) is 0 Å². The second-order valence-electron chi connectivity index (χ2n) is 5.59. The molecule has 1 heterocycles. The highest BCUT2D eigenvalue weighted by Crippen LogP contribution is 2.42. The maximum Gasteiger partial charge on any atom is 0.239 e. The molecule has 0 bridgehead atoms. The van der Waals surface area contributed by atoms with Crippen LogP contribution in [0.15, 0.2) is 4.99 Å². The van der Waals surface area contributed by atoms with Crippen LogP contribution >= 0.6 is 35.7 Å². The molecule has 0 aromatic heterocycles. The summed E-state index contributed by atoms with van der Waals surface area (Å²) >= 11 is 2.14. The molecule has 21 heavy (non-hydrogen) atoms. The Kier molecular flexibility index (Phi) is 8.15. The van der Waals surface area contributed by atoms with Crippen molar-refractivity contribution in [2.24, 2.45) is 4.99 Å². The molecule has 2 rings (SSSR count). The Labute approximate surface area is 149 Å². The van der Waals surface area contributed by atoms with E-state index in [4.69, 9.17) is 0 Å². The van der Waals surface area contributed by atoms with E-state index in [0.29, 0.717) is 11.3 Å². The summed E-state index contributed by atoms with van der Waals surface area (Å²) in [6, 6.07) is 0. The average molecular weight is 426 g/mol. The molecule has 1 aliphatic carbocycles. The van der Waals surface area contributed by atoms with Crippen LogP contribution < -0.4 is 10.6 Å². The van der Waals surface area contributed by atoms with Crippen molar-refractivity contribution in [3.63, 3.8) is 0 Å². The van der Waals surface area contributed by atoms with Crippen molar-refractivity contribution in [2.45, 2.75) is 36.9 Å². The molecular weight excluding hydrogens is 399 g/mol. The Morgan fingerprint density at radius 3 is 2.67 bits per heavy atom. The third-order valence-corrected chi connectivity index (χ3v) is 5.75. The van der Waals surface area contributed by atoms with Crippen LogP contribution in [0, 0.1) is 0 Å². The first-order chi connectivity index (χ1) is 9.69. The standard InChI is InChI=1S/C14H26N4OS.HI/c1-15-12(19)10-17-13(16-2)18-8-9-20-14(11-18)6-4-3-5-7-14;/h3-11H2,1-2H3,(H,15,19)(H,16,17);1H. The van der Waals surface area contributed by atoms with Gasteiger partial charge in [-0.05, 0) is 12.8 Å². The Morgan fingerprint density at radius 2 is 2.05 bits per heavy atom. The third kappa shape index (κ3) is 5.19. The number of likely N-dealkylation sites (N-methyl/N-ethyl adjacent to an activating group) is 1. The van der Waals surface area contributed by atoms with E-state index >= 15 is 0 Å². The van der Waals surface area contributed by atoms with Crippen molar-refractivity contribution in [1.82, 2.24) is 15.5 Å². The fraction of sp³-hybridized carbons (Fsp3) is 0.857. The second kappa shape index (κ2) is 9.07. The predicted molar refractivity (Wildman–Crippen MR) is 101 cm³/mol. The van der Waals surface area contributed by atoms with Crippen molar-refractivity contribution >= 4 is 47.6 Å². The number of hydrogen-bond donors (Lipinski definition) is 2. The molecule has 0 atom stereocenters. The third-order valence-electron chi connectivity index (χ3n) is 4.21. The van der Waals surface area contributed by atoms with Crippen LogP contribution in [0.1, 0.15) is 32.1 Å². The van der Waals surface area contributed by atoms with Gasteiger partial charge >= 0.3 is 0 Å². The number of aliphatic imine (C=N–C) groups is 1. The predicted octanol–water partition coefficient (Wildman–Crippen LogP) is 1.68. The van der Waals surface area contributed by atoms with Gasteiger partial charge in [0.05, 0.1) is 6.54 Å². The van der Waals surface area contributed by atoms with E-state index in [1.54, 1.807) is 14.1 Å². The minimum absolute atomic E-state index is 0. The molecular formula is C14H27IN4OS. The summed E-state index contributed by atoms with van der Waals surface area (Å²) in [7, 11) is 3.45. The fourth-order valence-corrected chi connectivity index (χ4v) is 4.67. The summed E-state index contributed by atoms with van der Waals surface area (Å²) in [6.45, 7) is 2.37. The molecule has 122 valence electrons. The maximum atomic E-state index is 11.4. The van der Waals surface area contributed by atoms with Gasteiger partial charge in [-0.15, -0.1) is 24.0 Å². The van der Waals surface area contributed by atoms with Gasteiger partial charge in [-0.1, -0.05) is 19.3 Å². The highest BCUT2D eigenvalue weighted by molar-refractivity contribution is 14.0. The molecule has 1 saturated heterocycles. The first-order valence-electron chi connectivity index (χ1n) is 7.49. The number of hydrogen-bond acceptors (Lipinski definition) is 3. The summed E-state index contributed by atoms with van der Waals surface area (Å²) in [4.78, 5) is 18.0. The number of carbonyl (C=O) groups is 1. The number of amides is 1. The molecule has 0 radical (unpaired) electrons. The van der Waals surface area contributed by atoms with Crippen LogP contribution in [0.2, 0.25) is 0 Å². The van der Waals surface area contributed by atoms with Crippen LogP contribution in [0.5, 0.6) is 0 Å². The van der Waals surface area contributed by atoms with Gasteiger partial charge in [0, 0.05) is 37.7 Å². The quantitative estimate of drug-likeness (QED) is 0.401. The number of halogens is 1. The van der Waals surface area contributed by atoms with E-state index in [-0.39, 0.29) is 29.9 Å². The summed E-state index contributed by atoms with van der Waals surface area (Å²) in [5.74, 6) is 2.00. The van der Waals surface area contributed by atoms with Crippen molar-refractivity contribution in [3.8, 4) is 0 Å². The van der Waals surface area contributed by atoms with Crippen molar-refractivity contribution < 1.29 is 4.79 Å². The summed E-state index contributed by atoms with van der Waals surface area (Å²) < 4.78 is 0.418. The zero-order valence-electron chi connectivity index (χ0n) is 13.0. The summed E-state index contributed by atoms with van der Waals surface area (Å²) in [5, 5.41) is 5.79. The zero-order valence-corrected chi connectivity index (χ0v) is 16.1. The average Bonchev–Trinajstić information content (AvgIpc) is 2.48. The Morgan fingerprint density at radius 1 is 1.33 bits per heavy atom. The number of nitrogens with zero attached hydrogens (tertiary/aromatic N) is 2. The largest absolute Gasteiger partial charge is 0.358 e. The molecule has 1 saturated carbocycles. The van der Waals surface area contributed by atoms with E-state index in [0.717, 1.165) is 24.8 Å². The van der Waals surface area contributed by atoms with E-state index in [9.17, 15) is 4.79 Å². The van der Waals surface area contributed by atoms with Crippen molar-refractivity contribution in [3.05, 3.63) is 0 Å². The van der Waals surface area contributed by atoms with E-state index in [1.165, 1.54) is 32.1 Å². The lowest BCUT2D eigenvalue weighted by Gasteiger charge is -2.45. The van der Waals surface area contributed by atoms with E-state index < -0.39 is 0 Å². The number of carbonyl (C=O) groups excluding carboxylic acids is 1. The Balaban J connectivity index is 0.00000220. The highest BCUT2D eigenvalue weighted by Gasteiger charge is 2.38. The van der Waals surface area contributed by atoms with E-state index in [1.807, 2.05) is 0 Å². The van der Waals surface area contributed by atoms with Gasteiger partial charge in [-0.3, -0.25) is 9.79 Å². The molecule has 1 amide bonds. The van der Waals surface area contributed by atoms with Crippen LogP contribution in [-0.4, -0.2) is 61.0 Å². The van der Waals surface area contributed by atoms with Gasteiger partial charge in [0.15, 0.2) is 5.96 Å². The smallest absolute Gasteiger partial charge is 0.239 e. The minimum atomic E-state index is -0.00934. The molecule has 1 aliphatic heterocycles. The Hall–Kier alpha value is -0.180. The van der Waals surface area contributed by atoms with Gasteiger partial charge in [0.2, 0.25) is 5.91 Å². The lowest BCUT2D eigenvalue weighted by Crippen LogP contribution is -2.54. The lowest BCUT2D eigenvalue weighted by atomic mass is 9.87. The van der Waals surface area contributed by atoms with Gasteiger partial charge in [-0.2, -0.15) is 11.8 Å². The molecule has 2 fully saturated rings. The van der Waals surface area contributed by atoms with Gasteiger partial charge in [0.25, 0.3) is 0 Å². The van der Waals surface area contributed by atoms with Crippen molar-refractivity contribution in [2.75, 3.05) is 39.5 Å². The van der Waals surface area contributed by atoms with Crippen LogP contribution in [0.3, 0.4) is 0 Å². The monoisotopic (exact) mass is 426 g/mol.